The molecule has 0 unspecified atom stereocenters. The fourth-order valence-electron chi connectivity index (χ4n) is 2.71. The zero-order valence-electron chi connectivity index (χ0n) is 10.1. The molecule has 1 aliphatic heterocycles. The average molecular weight is 211 g/mol. The Morgan fingerprint density at radius 2 is 1.73 bits per heavy atom. The van der Waals surface area contributed by atoms with Crippen LogP contribution in [0.4, 0.5) is 0 Å². The monoisotopic (exact) mass is 211 g/mol. The van der Waals surface area contributed by atoms with E-state index in [1.54, 1.807) is 0 Å². The number of nitrogens with one attached hydrogen (secondary N) is 1. The Kier molecular flexibility index (Phi) is 3.65. The molecule has 0 spiro atoms. The van der Waals surface area contributed by atoms with Crippen molar-refractivity contribution in [2.24, 2.45) is 5.73 Å². The molecule has 3 N–H and O–H groups in total. The largest absolute Gasteiger partial charge is 0.328 e. The van der Waals surface area contributed by atoms with E-state index in [0.717, 1.165) is 12.1 Å². The second kappa shape index (κ2) is 4.81. The van der Waals surface area contributed by atoms with Crippen LogP contribution in [0.15, 0.2) is 0 Å². The number of likely N-dealkylation sites (tertiary alicyclic amines) is 1. The van der Waals surface area contributed by atoms with Gasteiger partial charge in [-0.3, -0.25) is 0 Å². The minimum Gasteiger partial charge on any atom is -0.328 e. The van der Waals surface area contributed by atoms with Gasteiger partial charge in [-0.1, -0.05) is 0 Å². The summed E-state index contributed by atoms with van der Waals surface area (Å²) in [6.07, 6.45) is 4.99. The molecule has 0 bridgehead atoms. The first-order valence-corrected chi connectivity index (χ1v) is 6.41. The maximum atomic E-state index is 5.79. The Hall–Kier alpha value is -0.120. The molecule has 0 radical (unpaired) electrons. The van der Waals surface area contributed by atoms with E-state index in [1.165, 1.54) is 38.8 Å². The van der Waals surface area contributed by atoms with Crippen LogP contribution in [0.2, 0.25) is 0 Å². The van der Waals surface area contributed by atoms with Gasteiger partial charge in [-0.2, -0.15) is 0 Å². The lowest BCUT2D eigenvalue weighted by atomic mass is 9.86. The fraction of sp³-hybridized carbons (Fsp3) is 1.00. The van der Waals surface area contributed by atoms with E-state index in [1.807, 2.05) is 0 Å². The van der Waals surface area contributed by atoms with Gasteiger partial charge in [0.25, 0.3) is 0 Å². The number of hydrogen-bond donors (Lipinski definition) is 2. The quantitative estimate of drug-likeness (QED) is 0.730. The number of piperidine rings is 1. The van der Waals surface area contributed by atoms with Crippen LogP contribution in [0.1, 0.15) is 39.5 Å². The van der Waals surface area contributed by atoms with Crippen molar-refractivity contribution < 1.29 is 0 Å². The Morgan fingerprint density at radius 3 is 2.20 bits per heavy atom. The van der Waals surface area contributed by atoms with Gasteiger partial charge < -0.3 is 16.0 Å². The topological polar surface area (TPSA) is 41.3 Å². The smallest absolute Gasteiger partial charge is 0.00991 e. The maximum Gasteiger partial charge on any atom is 0.00991 e. The third kappa shape index (κ3) is 2.92. The predicted molar refractivity (Wildman–Crippen MR) is 63.9 cm³/mol. The van der Waals surface area contributed by atoms with Gasteiger partial charge in [0, 0.05) is 24.2 Å². The lowest BCUT2D eigenvalue weighted by Crippen LogP contribution is -2.54. The van der Waals surface area contributed by atoms with Gasteiger partial charge in [0.1, 0.15) is 0 Å². The molecule has 0 aromatic heterocycles. The first-order valence-electron chi connectivity index (χ1n) is 6.41. The zero-order valence-corrected chi connectivity index (χ0v) is 10.1. The van der Waals surface area contributed by atoms with Crippen LogP contribution in [-0.2, 0) is 0 Å². The molecule has 3 nitrogen and oxygen atoms in total. The number of nitrogens with zero attached hydrogens (tertiary/aromatic N) is 1. The van der Waals surface area contributed by atoms with Crippen LogP contribution in [-0.4, -0.2) is 42.2 Å². The van der Waals surface area contributed by atoms with Crippen molar-refractivity contribution in [1.29, 1.82) is 0 Å². The lowest BCUT2D eigenvalue weighted by Gasteiger charge is -2.40. The third-order valence-corrected chi connectivity index (χ3v) is 3.91. The molecule has 88 valence electrons. The van der Waals surface area contributed by atoms with E-state index in [4.69, 9.17) is 5.73 Å². The van der Waals surface area contributed by atoms with Crippen molar-refractivity contribution in [2.45, 2.75) is 63.7 Å². The van der Waals surface area contributed by atoms with Crippen molar-refractivity contribution >= 4 is 0 Å². The fourth-order valence-corrected chi connectivity index (χ4v) is 2.71. The van der Waals surface area contributed by atoms with Crippen molar-refractivity contribution in [1.82, 2.24) is 10.2 Å². The van der Waals surface area contributed by atoms with Crippen molar-refractivity contribution in [3.8, 4) is 0 Å². The summed E-state index contributed by atoms with van der Waals surface area (Å²) in [5.74, 6) is 0. The third-order valence-electron chi connectivity index (χ3n) is 3.91. The summed E-state index contributed by atoms with van der Waals surface area (Å²) in [5.41, 5.74) is 5.79. The summed E-state index contributed by atoms with van der Waals surface area (Å²) in [7, 11) is 0. The van der Waals surface area contributed by atoms with E-state index in [9.17, 15) is 0 Å². The Balaban J connectivity index is 1.65. The maximum absolute atomic E-state index is 5.79. The van der Waals surface area contributed by atoms with Crippen LogP contribution in [0.25, 0.3) is 0 Å². The summed E-state index contributed by atoms with van der Waals surface area (Å²) >= 11 is 0. The van der Waals surface area contributed by atoms with Gasteiger partial charge in [-0.25, -0.2) is 0 Å². The number of hydrogen-bond acceptors (Lipinski definition) is 3. The van der Waals surface area contributed by atoms with Crippen LogP contribution >= 0.6 is 0 Å². The van der Waals surface area contributed by atoms with E-state index in [0.29, 0.717) is 12.1 Å². The molecule has 0 aromatic carbocycles. The number of rotatable bonds is 3. The molecule has 2 aliphatic rings. The van der Waals surface area contributed by atoms with Gasteiger partial charge >= 0.3 is 0 Å². The molecule has 1 saturated heterocycles. The predicted octanol–water partition coefficient (Wildman–Crippen LogP) is 0.938. The SMILES string of the molecule is CC(C)N1CCC(NC2CC(N)C2)CC1. The number of nitrogens with two attached hydrogens (primary N) is 1. The lowest BCUT2D eigenvalue weighted by molar-refractivity contribution is 0.144. The summed E-state index contributed by atoms with van der Waals surface area (Å²) in [5, 5.41) is 3.74. The van der Waals surface area contributed by atoms with Crippen LogP contribution in [0, 0.1) is 0 Å². The molecule has 0 aromatic rings. The highest BCUT2D eigenvalue weighted by Gasteiger charge is 2.29. The highest BCUT2D eigenvalue weighted by Crippen LogP contribution is 2.21. The summed E-state index contributed by atoms with van der Waals surface area (Å²) < 4.78 is 0. The minimum absolute atomic E-state index is 0.471. The molecule has 1 aliphatic carbocycles. The van der Waals surface area contributed by atoms with E-state index >= 15 is 0 Å². The molecular formula is C12H25N3. The van der Waals surface area contributed by atoms with E-state index < -0.39 is 0 Å². The molecule has 0 atom stereocenters. The van der Waals surface area contributed by atoms with E-state index in [-0.39, 0.29) is 0 Å². The Labute approximate surface area is 93.4 Å². The minimum atomic E-state index is 0.471. The highest BCUT2D eigenvalue weighted by atomic mass is 15.2. The van der Waals surface area contributed by atoms with Crippen molar-refractivity contribution in [3.05, 3.63) is 0 Å². The van der Waals surface area contributed by atoms with Gasteiger partial charge in [0.15, 0.2) is 0 Å². The molecule has 2 rings (SSSR count). The van der Waals surface area contributed by atoms with Gasteiger partial charge in [0.05, 0.1) is 0 Å². The highest BCUT2D eigenvalue weighted by molar-refractivity contribution is 4.91. The van der Waals surface area contributed by atoms with Crippen LogP contribution in [0.3, 0.4) is 0 Å². The standard InChI is InChI=1S/C12H25N3/c1-9(2)15-5-3-11(4-6-15)14-12-7-10(13)8-12/h9-12,14H,3-8,13H2,1-2H3. The second-order valence-electron chi connectivity index (χ2n) is 5.50. The molecule has 1 heterocycles. The second-order valence-corrected chi connectivity index (χ2v) is 5.50. The average Bonchev–Trinajstić information content (AvgIpc) is 2.16. The van der Waals surface area contributed by atoms with Crippen LogP contribution in [0.5, 0.6) is 0 Å². The summed E-state index contributed by atoms with van der Waals surface area (Å²) in [4.78, 5) is 2.57. The normalized spacial score (nSPS) is 34.4. The molecular weight excluding hydrogens is 186 g/mol. The molecule has 1 saturated carbocycles. The molecule has 3 heteroatoms. The Bertz CT molecular complexity index is 191. The van der Waals surface area contributed by atoms with Crippen LogP contribution < -0.4 is 11.1 Å². The van der Waals surface area contributed by atoms with Gasteiger partial charge in [-0.05, 0) is 52.6 Å². The zero-order chi connectivity index (χ0) is 10.8. The summed E-state index contributed by atoms with van der Waals surface area (Å²) in [6, 6.07) is 2.65. The molecule has 2 fully saturated rings. The molecule has 0 amide bonds. The van der Waals surface area contributed by atoms with Crippen molar-refractivity contribution in [3.63, 3.8) is 0 Å². The van der Waals surface area contributed by atoms with E-state index in [2.05, 4.69) is 24.1 Å². The van der Waals surface area contributed by atoms with Gasteiger partial charge in [0.2, 0.25) is 0 Å². The van der Waals surface area contributed by atoms with Crippen molar-refractivity contribution in [2.75, 3.05) is 13.1 Å². The summed E-state index contributed by atoms with van der Waals surface area (Å²) in [6.45, 7) is 7.10. The first kappa shape index (κ1) is 11.4. The Morgan fingerprint density at radius 1 is 1.13 bits per heavy atom. The first-order chi connectivity index (χ1) is 7.15. The van der Waals surface area contributed by atoms with Gasteiger partial charge in [-0.15, -0.1) is 0 Å². The molecule has 15 heavy (non-hydrogen) atoms.